The fourth-order valence-electron chi connectivity index (χ4n) is 3.11. The Morgan fingerprint density at radius 2 is 1.77 bits per heavy atom. The summed E-state index contributed by atoms with van der Waals surface area (Å²) in [5.74, 6) is 0.868. The summed E-state index contributed by atoms with van der Waals surface area (Å²) in [7, 11) is 1.55. The van der Waals surface area contributed by atoms with Crippen LogP contribution in [-0.2, 0) is 0 Å². The Morgan fingerprint density at radius 1 is 1.06 bits per heavy atom. The van der Waals surface area contributed by atoms with Crippen molar-refractivity contribution in [1.29, 1.82) is 5.26 Å². The predicted octanol–water partition coefficient (Wildman–Crippen LogP) is 6.53. The van der Waals surface area contributed by atoms with Crippen LogP contribution in [0.1, 0.15) is 18.1 Å². The van der Waals surface area contributed by atoms with Gasteiger partial charge >= 0.3 is 5.69 Å². The number of methoxy groups -OCH3 is 1. The third-order valence-electron chi connectivity index (χ3n) is 4.73. The fraction of sp³-hybridized carbons (Fsp3) is 0.125. The number of halogens is 1. The SMILES string of the molecule is CCOc1cc(/C=C(\C#N)c2ccc(OC)cc2)cc(Br)c1Oc1ccc([N+](=O)[O-])cc1[N+](=O)[O-]. The summed E-state index contributed by atoms with van der Waals surface area (Å²) in [6, 6.07) is 15.6. The highest BCUT2D eigenvalue weighted by atomic mass is 79.9. The molecule has 11 heteroatoms. The van der Waals surface area contributed by atoms with Crippen molar-refractivity contribution in [3.8, 4) is 29.1 Å². The molecule has 0 saturated heterocycles. The van der Waals surface area contributed by atoms with Crippen molar-refractivity contribution < 1.29 is 24.1 Å². The van der Waals surface area contributed by atoms with Gasteiger partial charge < -0.3 is 14.2 Å². The maximum Gasteiger partial charge on any atom is 0.318 e. The van der Waals surface area contributed by atoms with Crippen LogP contribution in [-0.4, -0.2) is 23.6 Å². The summed E-state index contributed by atoms with van der Waals surface area (Å²) in [6.45, 7) is 2.02. The summed E-state index contributed by atoms with van der Waals surface area (Å²) in [4.78, 5) is 21.0. The Labute approximate surface area is 208 Å². The monoisotopic (exact) mass is 539 g/mol. The zero-order chi connectivity index (χ0) is 25.5. The van der Waals surface area contributed by atoms with Gasteiger partial charge in [0.2, 0.25) is 5.75 Å². The molecule has 0 unspecified atom stereocenters. The summed E-state index contributed by atoms with van der Waals surface area (Å²) >= 11 is 3.40. The third-order valence-corrected chi connectivity index (χ3v) is 5.32. The van der Waals surface area contributed by atoms with E-state index >= 15 is 0 Å². The van der Waals surface area contributed by atoms with Gasteiger partial charge in [-0.25, -0.2) is 0 Å². The molecule has 0 radical (unpaired) electrons. The van der Waals surface area contributed by atoms with Gasteiger partial charge in [-0.05, 0) is 82.5 Å². The Kier molecular flexibility index (Phi) is 8.01. The summed E-state index contributed by atoms with van der Waals surface area (Å²) in [6.07, 6.45) is 1.66. The summed E-state index contributed by atoms with van der Waals surface area (Å²) in [5, 5.41) is 32.2. The lowest BCUT2D eigenvalue weighted by Crippen LogP contribution is -1.99. The van der Waals surface area contributed by atoms with Crippen molar-refractivity contribution in [3.05, 3.63) is 90.4 Å². The highest BCUT2D eigenvalue weighted by Gasteiger charge is 2.23. The quantitative estimate of drug-likeness (QED) is 0.129. The van der Waals surface area contributed by atoms with Crippen molar-refractivity contribution in [2.75, 3.05) is 13.7 Å². The first kappa shape index (κ1) is 25.2. The Hall–Kier alpha value is -4.43. The molecular formula is C24H18BrN3O7. The molecule has 0 amide bonds. The van der Waals surface area contributed by atoms with E-state index in [4.69, 9.17) is 14.2 Å². The summed E-state index contributed by atoms with van der Waals surface area (Å²) < 4.78 is 17.0. The zero-order valence-electron chi connectivity index (χ0n) is 18.6. The lowest BCUT2D eigenvalue weighted by Gasteiger charge is -2.14. The van der Waals surface area contributed by atoms with E-state index in [-0.39, 0.29) is 23.9 Å². The Morgan fingerprint density at radius 3 is 2.34 bits per heavy atom. The minimum atomic E-state index is -0.762. The molecule has 35 heavy (non-hydrogen) atoms. The molecule has 0 heterocycles. The first-order valence-electron chi connectivity index (χ1n) is 10.1. The molecular weight excluding hydrogens is 522 g/mol. The van der Waals surface area contributed by atoms with Gasteiger partial charge in [0, 0.05) is 6.07 Å². The number of nitrogens with zero attached hydrogens (tertiary/aromatic N) is 3. The number of rotatable bonds is 9. The van der Waals surface area contributed by atoms with Gasteiger partial charge in [-0.15, -0.1) is 0 Å². The van der Waals surface area contributed by atoms with Crippen molar-refractivity contribution in [2.45, 2.75) is 6.92 Å². The first-order chi connectivity index (χ1) is 16.8. The predicted molar refractivity (Wildman–Crippen MR) is 132 cm³/mol. The molecule has 3 aromatic rings. The number of nitro benzene ring substituents is 2. The fourth-order valence-corrected chi connectivity index (χ4v) is 3.65. The number of hydrogen-bond acceptors (Lipinski definition) is 8. The number of nitro groups is 2. The molecule has 0 fully saturated rings. The van der Waals surface area contributed by atoms with Crippen LogP contribution in [0.3, 0.4) is 0 Å². The van der Waals surface area contributed by atoms with Crippen molar-refractivity contribution in [2.24, 2.45) is 0 Å². The highest BCUT2D eigenvalue weighted by Crippen LogP contribution is 2.43. The van der Waals surface area contributed by atoms with Crippen LogP contribution in [0.4, 0.5) is 11.4 Å². The van der Waals surface area contributed by atoms with E-state index in [0.29, 0.717) is 26.9 Å². The third kappa shape index (κ3) is 5.93. The van der Waals surface area contributed by atoms with E-state index in [2.05, 4.69) is 22.0 Å². The van der Waals surface area contributed by atoms with E-state index in [1.165, 1.54) is 0 Å². The van der Waals surface area contributed by atoms with Crippen molar-refractivity contribution in [1.82, 2.24) is 0 Å². The number of nitriles is 1. The van der Waals surface area contributed by atoms with Crippen LogP contribution in [0.5, 0.6) is 23.0 Å². The van der Waals surface area contributed by atoms with Crippen LogP contribution < -0.4 is 14.2 Å². The van der Waals surface area contributed by atoms with Gasteiger partial charge in [-0.1, -0.05) is 0 Å². The molecule has 3 rings (SSSR count). The second-order valence-electron chi connectivity index (χ2n) is 6.93. The second-order valence-corrected chi connectivity index (χ2v) is 7.78. The van der Waals surface area contributed by atoms with Gasteiger partial charge in [0.1, 0.15) is 5.75 Å². The van der Waals surface area contributed by atoms with Gasteiger partial charge in [-0.2, -0.15) is 5.26 Å². The van der Waals surface area contributed by atoms with E-state index < -0.39 is 21.2 Å². The minimum absolute atomic E-state index is 0.143. The number of allylic oxidation sites excluding steroid dienone is 1. The van der Waals surface area contributed by atoms with Gasteiger partial charge in [-0.3, -0.25) is 20.2 Å². The number of non-ortho nitro benzene ring substituents is 1. The normalized spacial score (nSPS) is 10.9. The Bertz CT molecular complexity index is 1350. The van der Waals surface area contributed by atoms with Crippen molar-refractivity contribution >= 4 is 39.0 Å². The molecule has 0 atom stereocenters. The number of hydrogen-bond donors (Lipinski definition) is 0. The molecule has 3 aromatic carbocycles. The molecule has 178 valence electrons. The molecule has 0 saturated carbocycles. The molecule has 0 aliphatic heterocycles. The summed E-state index contributed by atoms with van der Waals surface area (Å²) in [5.41, 5.74) is 0.684. The molecule has 0 aliphatic carbocycles. The molecule has 0 bridgehead atoms. The highest BCUT2D eigenvalue weighted by molar-refractivity contribution is 9.10. The Balaban J connectivity index is 2.04. The van der Waals surface area contributed by atoms with Crippen LogP contribution in [0.25, 0.3) is 11.6 Å². The maximum atomic E-state index is 11.5. The van der Waals surface area contributed by atoms with Gasteiger partial charge in [0.25, 0.3) is 5.69 Å². The first-order valence-corrected chi connectivity index (χ1v) is 10.9. The van der Waals surface area contributed by atoms with Crippen LogP contribution in [0, 0.1) is 31.6 Å². The molecule has 0 spiro atoms. The number of benzene rings is 3. The van der Waals surface area contributed by atoms with Crippen LogP contribution in [0.2, 0.25) is 0 Å². The van der Waals surface area contributed by atoms with E-state index in [1.54, 1.807) is 56.5 Å². The lowest BCUT2D eigenvalue weighted by molar-refractivity contribution is -0.394. The van der Waals surface area contributed by atoms with Gasteiger partial charge in [0.15, 0.2) is 11.5 Å². The molecule has 0 aliphatic rings. The minimum Gasteiger partial charge on any atom is -0.497 e. The standard InChI is InChI=1S/C24H18BrN3O7/c1-3-34-23-12-15(10-17(14-26)16-4-7-19(33-2)8-5-16)11-20(25)24(23)35-22-9-6-18(27(29)30)13-21(22)28(31)32/h4-13H,3H2,1-2H3/b17-10+. The van der Waals surface area contributed by atoms with E-state index in [1.807, 2.05) is 0 Å². The maximum absolute atomic E-state index is 11.5. The number of ether oxygens (including phenoxy) is 3. The average Bonchev–Trinajstić information content (AvgIpc) is 2.84. The van der Waals surface area contributed by atoms with Gasteiger partial charge in [0.05, 0.1) is 45.7 Å². The van der Waals surface area contributed by atoms with E-state index in [0.717, 1.165) is 18.2 Å². The lowest BCUT2D eigenvalue weighted by atomic mass is 10.0. The largest absolute Gasteiger partial charge is 0.497 e. The van der Waals surface area contributed by atoms with Crippen molar-refractivity contribution in [3.63, 3.8) is 0 Å². The van der Waals surface area contributed by atoms with Crippen LogP contribution >= 0.6 is 15.9 Å². The second kappa shape index (κ2) is 11.1. The van der Waals surface area contributed by atoms with Crippen LogP contribution in [0.15, 0.2) is 59.1 Å². The zero-order valence-corrected chi connectivity index (χ0v) is 20.1. The molecule has 0 N–H and O–H groups in total. The van der Waals surface area contributed by atoms with E-state index in [9.17, 15) is 25.5 Å². The molecule has 10 nitrogen and oxygen atoms in total. The molecule has 0 aromatic heterocycles. The topological polar surface area (TPSA) is 138 Å². The smallest absolute Gasteiger partial charge is 0.318 e. The average molecular weight is 540 g/mol.